The van der Waals surface area contributed by atoms with Crippen LogP contribution in [0.15, 0.2) is 18.3 Å². The molecule has 1 amide bonds. The molecule has 0 spiro atoms. The van der Waals surface area contributed by atoms with Gasteiger partial charge in [-0.2, -0.15) is 0 Å². The summed E-state index contributed by atoms with van der Waals surface area (Å²) in [4.78, 5) is 32.1. The highest BCUT2D eigenvalue weighted by Gasteiger charge is 2.22. The Morgan fingerprint density at radius 2 is 1.96 bits per heavy atom. The van der Waals surface area contributed by atoms with Crippen molar-refractivity contribution in [1.82, 2.24) is 14.8 Å². The van der Waals surface area contributed by atoms with E-state index in [-0.39, 0.29) is 18.4 Å². The molecule has 1 aliphatic rings. The quantitative estimate of drug-likeness (QED) is 0.727. The first-order valence-electron chi connectivity index (χ1n) is 8.40. The maximum atomic E-state index is 12.6. The van der Waals surface area contributed by atoms with Gasteiger partial charge in [0.05, 0.1) is 25.3 Å². The van der Waals surface area contributed by atoms with E-state index in [2.05, 4.69) is 4.98 Å². The summed E-state index contributed by atoms with van der Waals surface area (Å²) in [6.07, 6.45) is 2.38. The normalized spacial score (nSPS) is 15.7. The van der Waals surface area contributed by atoms with Gasteiger partial charge in [0, 0.05) is 38.4 Å². The molecule has 0 N–H and O–H groups in total. The van der Waals surface area contributed by atoms with Gasteiger partial charge in [-0.15, -0.1) is 0 Å². The fraction of sp³-hybridized carbons (Fsp3) is 0.588. The number of nitrogens with zero attached hydrogens (tertiary/aromatic N) is 3. The smallest absolute Gasteiger partial charge is 0.320 e. The van der Waals surface area contributed by atoms with Crippen LogP contribution in [0.25, 0.3) is 0 Å². The van der Waals surface area contributed by atoms with Crippen molar-refractivity contribution < 1.29 is 19.1 Å². The van der Waals surface area contributed by atoms with Gasteiger partial charge in [0.25, 0.3) is 5.91 Å². The van der Waals surface area contributed by atoms with E-state index in [0.29, 0.717) is 44.3 Å². The fourth-order valence-corrected chi connectivity index (χ4v) is 2.64. The van der Waals surface area contributed by atoms with Gasteiger partial charge in [-0.25, -0.2) is 4.98 Å². The second-order valence-corrected chi connectivity index (χ2v) is 5.55. The number of carbonyl (C=O) groups excluding carboxylic acids is 2. The number of pyridine rings is 1. The van der Waals surface area contributed by atoms with E-state index >= 15 is 0 Å². The SMILES string of the molecule is CCOC(=O)CN1CCCN(C(=O)c2ccc(OCC)nc2)CC1. The maximum Gasteiger partial charge on any atom is 0.320 e. The number of rotatable bonds is 6. The summed E-state index contributed by atoms with van der Waals surface area (Å²) < 4.78 is 10.3. The molecule has 0 unspecified atom stereocenters. The molecule has 1 saturated heterocycles. The van der Waals surface area contributed by atoms with Crippen molar-refractivity contribution >= 4 is 11.9 Å². The molecule has 2 heterocycles. The van der Waals surface area contributed by atoms with Crippen molar-refractivity contribution in [3.63, 3.8) is 0 Å². The van der Waals surface area contributed by atoms with Gasteiger partial charge in [0.2, 0.25) is 5.88 Å². The van der Waals surface area contributed by atoms with Crippen molar-refractivity contribution in [1.29, 1.82) is 0 Å². The van der Waals surface area contributed by atoms with Crippen LogP contribution < -0.4 is 4.74 Å². The molecule has 1 aromatic rings. The Balaban J connectivity index is 1.90. The van der Waals surface area contributed by atoms with Crippen LogP contribution in [0.5, 0.6) is 5.88 Å². The first-order chi connectivity index (χ1) is 11.6. The molecule has 0 atom stereocenters. The minimum absolute atomic E-state index is 0.0384. The number of hydrogen-bond acceptors (Lipinski definition) is 6. The van der Waals surface area contributed by atoms with Crippen LogP contribution in [0.4, 0.5) is 0 Å². The van der Waals surface area contributed by atoms with Crippen molar-refractivity contribution in [2.45, 2.75) is 20.3 Å². The fourth-order valence-electron chi connectivity index (χ4n) is 2.64. The molecule has 7 heteroatoms. The molecule has 2 rings (SSSR count). The summed E-state index contributed by atoms with van der Waals surface area (Å²) in [5.41, 5.74) is 0.553. The molecule has 0 aliphatic carbocycles. The lowest BCUT2D eigenvalue weighted by Crippen LogP contribution is -2.37. The van der Waals surface area contributed by atoms with Gasteiger partial charge in [-0.3, -0.25) is 14.5 Å². The van der Waals surface area contributed by atoms with E-state index in [1.54, 1.807) is 25.3 Å². The lowest BCUT2D eigenvalue weighted by atomic mass is 10.2. The highest BCUT2D eigenvalue weighted by molar-refractivity contribution is 5.94. The molecular weight excluding hydrogens is 310 g/mol. The third-order valence-electron chi connectivity index (χ3n) is 3.81. The van der Waals surface area contributed by atoms with Gasteiger partial charge in [-0.1, -0.05) is 0 Å². The van der Waals surface area contributed by atoms with Crippen molar-refractivity contribution in [2.75, 3.05) is 45.9 Å². The lowest BCUT2D eigenvalue weighted by molar-refractivity contribution is -0.144. The summed E-state index contributed by atoms with van der Waals surface area (Å²) >= 11 is 0. The van der Waals surface area contributed by atoms with Crippen LogP contribution in [0.1, 0.15) is 30.6 Å². The van der Waals surface area contributed by atoms with Crippen molar-refractivity contribution in [2.24, 2.45) is 0 Å². The summed E-state index contributed by atoms with van der Waals surface area (Å²) in [6, 6.07) is 3.45. The largest absolute Gasteiger partial charge is 0.478 e. The monoisotopic (exact) mass is 335 g/mol. The number of esters is 1. The van der Waals surface area contributed by atoms with Gasteiger partial charge < -0.3 is 14.4 Å². The summed E-state index contributed by atoms with van der Waals surface area (Å²) in [6.45, 7) is 7.60. The van der Waals surface area contributed by atoms with E-state index < -0.39 is 0 Å². The number of hydrogen-bond donors (Lipinski definition) is 0. The molecule has 0 radical (unpaired) electrons. The standard InChI is InChI=1S/C17H25N3O4/c1-3-23-15-7-6-14(12-18-15)17(22)20-9-5-8-19(10-11-20)13-16(21)24-4-2/h6-7,12H,3-5,8-11,13H2,1-2H3. The Labute approximate surface area is 142 Å². The number of ether oxygens (including phenoxy) is 2. The number of aromatic nitrogens is 1. The van der Waals surface area contributed by atoms with E-state index in [1.165, 1.54) is 0 Å². The maximum absolute atomic E-state index is 12.6. The van der Waals surface area contributed by atoms with E-state index in [4.69, 9.17) is 9.47 Å². The first kappa shape index (κ1) is 18.2. The zero-order valence-electron chi connectivity index (χ0n) is 14.4. The van der Waals surface area contributed by atoms with E-state index in [9.17, 15) is 9.59 Å². The van der Waals surface area contributed by atoms with Gasteiger partial charge >= 0.3 is 5.97 Å². The molecule has 1 fully saturated rings. The third-order valence-corrected chi connectivity index (χ3v) is 3.81. The minimum Gasteiger partial charge on any atom is -0.478 e. The molecule has 1 aromatic heterocycles. The van der Waals surface area contributed by atoms with E-state index in [1.807, 2.05) is 16.7 Å². The van der Waals surface area contributed by atoms with Crippen LogP contribution >= 0.6 is 0 Å². The Kier molecular flexibility index (Phi) is 6.99. The molecule has 0 bridgehead atoms. The van der Waals surface area contributed by atoms with Crippen molar-refractivity contribution in [3.8, 4) is 5.88 Å². The van der Waals surface area contributed by atoms with Gasteiger partial charge in [0.15, 0.2) is 0 Å². The highest BCUT2D eigenvalue weighted by atomic mass is 16.5. The predicted molar refractivity (Wildman–Crippen MR) is 89.0 cm³/mol. The van der Waals surface area contributed by atoms with Crippen LogP contribution in [-0.2, 0) is 9.53 Å². The minimum atomic E-state index is -0.215. The first-order valence-corrected chi connectivity index (χ1v) is 8.40. The average molecular weight is 335 g/mol. The molecule has 0 aromatic carbocycles. The van der Waals surface area contributed by atoms with Crippen LogP contribution in [0.3, 0.4) is 0 Å². The highest BCUT2D eigenvalue weighted by Crippen LogP contribution is 2.12. The summed E-state index contributed by atoms with van der Waals surface area (Å²) in [7, 11) is 0. The zero-order valence-corrected chi connectivity index (χ0v) is 14.4. The second kappa shape index (κ2) is 9.22. The molecule has 0 saturated carbocycles. The number of amides is 1. The Hall–Kier alpha value is -2.15. The van der Waals surface area contributed by atoms with Gasteiger partial charge in [-0.05, 0) is 26.3 Å². The zero-order chi connectivity index (χ0) is 17.4. The topological polar surface area (TPSA) is 72.0 Å². The molecule has 132 valence electrons. The Morgan fingerprint density at radius 1 is 1.12 bits per heavy atom. The molecule has 1 aliphatic heterocycles. The molecule has 7 nitrogen and oxygen atoms in total. The lowest BCUT2D eigenvalue weighted by Gasteiger charge is -2.21. The summed E-state index contributed by atoms with van der Waals surface area (Å²) in [5.74, 6) is 0.266. The molecule has 24 heavy (non-hydrogen) atoms. The average Bonchev–Trinajstić information content (AvgIpc) is 2.81. The second-order valence-electron chi connectivity index (χ2n) is 5.55. The van der Waals surface area contributed by atoms with Gasteiger partial charge in [0.1, 0.15) is 0 Å². The molecular formula is C17H25N3O4. The Bertz CT molecular complexity index is 547. The third kappa shape index (κ3) is 5.19. The van der Waals surface area contributed by atoms with Crippen LogP contribution in [-0.4, -0.2) is 72.6 Å². The van der Waals surface area contributed by atoms with Crippen LogP contribution in [0, 0.1) is 0 Å². The summed E-state index contributed by atoms with van der Waals surface area (Å²) in [5, 5.41) is 0. The van der Waals surface area contributed by atoms with E-state index in [0.717, 1.165) is 13.0 Å². The predicted octanol–water partition coefficient (Wildman–Crippen LogP) is 1.19. The van der Waals surface area contributed by atoms with Crippen molar-refractivity contribution in [3.05, 3.63) is 23.9 Å². The Morgan fingerprint density at radius 3 is 2.62 bits per heavy atom. The number of carbonyl (C=O) groups is 2. The van der Waals surface area contributed by atoms with Crippen LogP contribution in [0.2, 0.25) is 0 Å².